The zero-order chi connectivity index (χ0) is 10.7. The summed E-state index contributed by atoms with van der Waals surface area (Å²) in [5.41, 5.74) is 6.73. The lowest BCUT2D eigenvalue weighted by Crippen LogP contribution is -2.10. The van der Waals surface area contributed by atoms with Gasteiger partial charge in [0.1, 0.15) is 11.6 Å². The SMILES string of the molecule is CCC[C@H](N)c1cc(F)c(C)cc1O. The molecule has 1 aromatic carbocycles. The zero-order valence-electron chi connectivity index (χ0n) is 8.55. The van der Waals surface area contributed by atoms with E-state index in [2.05, 4.69) is 0 Å². The Hall–Kier alpha value is -1.09. The van der Waals surface area contributed by atoms with Crippen LogP contribution in [0.15, 0.2) is 12.1 Å². The second kappa shape index (κ2) is 4.42. The van der Waals surface area contributed by atoms with E-state index in [-0.39, 0.29) is 17.6 Å². The Labute approximate surface area is 83.6 Å². The van der Waals surface area contributed by atoms with Gasteiger partial charge in [-0.1, -0.05) is 13.3 Å². The Balaban J connectivity index is 3.02. The summed E-state index contributed by atoms with van der Waals surface area (Å²) in [5, 5.41) is 9.57. The minimum Gasteiger partial charge on any atom is -0.508 e. The average molecular weight is 197 g/mol. The predicted octanol–water partition coefficient (Wildman–Crippen LogP) is 2.64. The molecule has 0 saturated carbocycles. The normalized spacial score (nSPS) is 12.9. The van der Waals surface area contributed by atoms with E-state index in [0.717, 1.165) is 12.8 Å². The van der Waals surface area contributed by atoms with Crippen molar-refractivity contribution in [3.63, 3.8) is 0 Å². The Bertz CT molecular complexity index is 325. The number of phenolic OH excluding ortho intramolecular Hbond substituents is 1. The number of nitrogens with two attached hydrogens (primary N) is 1. The van der Waals surface area contributed by atoms with Gasteiger partial charge >= 0.3 is 0 Å². The molecule has 0 aliphatic rings. The molecule has 0 amide bonds. The van der Waals surface area contributed by atoms with Gasteiger partial charge in [0.05, 0.1) is 0 Å². The van der Waals surface area contributed by atoms with Crippen molar-refractivity contribution in [1.29, 1.82) is 0 Å². The van der Waals surface area contributed by atoms with Crippen LogP contribution in [-0.4, -0.2) is 5.11 Å². The summed E-state index contributed by atoms with van der Waals surface area (Å²) >= 11 is 0. The third-order valence-electron chi connectivity index (χ3n) is 2.31. The van der Waals surface area contributed by atoms with E-state index in [0.29, 0.717) is 11.1 Å². The molecule has 0 radical (unpaired) electrons. The highest BCUT2D eigenvalue weighted by molar-refractivity contribution is 5.38. The van der Waals surface area contributed by atoms with Gasteiger partial charge in [-0.3, -0.25) is 0 Å². The molecule has 0 unspecified atom stereocenters. The van der Waals surface area contributed by atoms with Crippen molar-refractivity contribution in [2.24, 2.45) is 5.73 Å². The fourth-order valence-electron chi connectivity index (χ4n) is 1.45. The van der Waals surface area contributed by atoms with Crippen LogP contribution in [0.4, 0.5) is 4.39 Å². The van der Waals surface area contributed by atoms with Crippen LogP contribution in [-0.2, 0) is 0 Å². The molecule has 0 heterocycles. The molecule has 2 nitrogen and oxygen atoms in total. The Morgan fingerprint density at radius 1 is 1.50 bits per heavy atom. The minimum absolute atomic E-state index is 0.0878. The molecule has 0 fully saturated rings. The summed E-state index contributed by atoms with van der Waals surface area (Å²) in [6, 6.07) is 2.46. The molecule has 0 aromatic heterocycles. The Kier molecular flexibility index (Phi) is 3.47. The number of hydrogen-bond donors (Lipinski definition) is 2. The van der Waals surface area contributed by atoms with Crippen LogP contribution >= 0.6 is 0 Å². The molecular formula is C11H16FNO. The summed E-state index contributed by atoms with van der Waals surface area (Å²) in [5.74, 6) is -0.228. The summed E-state index contributed by atoms with van der Waals surface area (Å²) in [7, 11) is 0. The van der Waals surface area contributed by atoms with E-state index in [1.165, 1.54) is 12.1 Å². The third-order valence-corrected chi connectivity index (χ3v) is 2.31. The maximum absolute atomic E-state index is 13.2. The summed E-state index contributed by atoms with van der Waals surface area (Å²) in [6.07, 6.45) is 1.66. The first-order chi connectivity index (χ1) is 6.56. The first-order valence-corrected chi connectivity index (χ1v) is 4.80. The van der Waals surface area contributed by atoms with Crippen LogP contribution in [0.2, 0.25) is 0 Å². The number of aryl methyl sites for hydroxylation is 1. The molecular weight excluding hydrogens is 181 g/mol. The molecule has 78 valence electrons. The van der Waals surface area contributed by atoms with Crippen LogP contribution < -0.4 is 5.73 Å². The van der Waals surface area contributed by atoms with Crippen molar-refractivity contribution in [2.45, 2.75) is 32.7 Å². The standard InChI is InChI=1S/C11H16FNO/c1-3-4-10(13)8-6-9(12)7(2)5-11(8)14/h5-6,10,14H,3-4,13H2,1-2H3/t10-/m0/s1. The van der Waals surface area contributed by atoms with E-state index in [9.17, 15) is 9.50 Å². The maximum Gasteiger partial charge on any atom is 0.126 e. The van der Waals surface area contributed by atoms with Gasteiger partial charge < -0.3 is 10.8 Å². The molecule has 0 spiro atoms. The van der Waals surface area contributed by atoms with Crippen molar-refractivity contribution in [3.8, 4) is 5.75 Å². The first kappa shape index (κ1) is 11.0. The lowest BCUT2D eigenvalue weighted by atomic mass is 10.0. The number of benzene rings is 1. The van der Waals surface area contributed by atoms with Crippen LogP contribution in [0.3, 0.4) is 0 Å². The van der Waals surface area contributed by atoms with Crippen LogP contribution in [0.5, 0.6) is 5.75 Å². The summed E-state index contributed by atoms with van der Waals surface area (Å²) < 4.78 is 13.2. The van der Waals surface area contributed by atoms with Gasteiger partial charge in [0.2, 0.25) is 0 Å². The molecule has 1 rings (SSSR count). The molecule has 0 bridgehead atoms. The van der Waals surface area contributed by atoms with E-state index in [1.54, 1.807) is 6.92 Å². The number of aromatic hydroxyl groups is 1. The van der Waals surface area contributed by atoms with Crippen molar-refractivity contribution in [3.05, 3.63) is 29.1 Å². The van der Waals surface area contributed by atoms with E-state index < -0.39 is 0 Å². The lowest BCUT2D eigenvalue weighted by molar-refractivity contribution is 0.454. The lowest BCUT2D eigenvalue weighted by Gasteiger charge is -2.13. The Morgan fingerprint density at radius 3 is 2.71 bits per heavy atom. The van der Waals surface area contributed by atoms with Crippen LogP contribution in [0.25, 0.3) is 0 Å². The molecule has 3 N–H and O–H groups in total. The zero-order valence-corrected chi connectivity index (χ0v) is 8.55. The number of rotatable bonds is 3. The van der Waals surface area contributed by atoms with Crippen LogP contribution in [0.1, 0.15) is 36.9 Å². The smallest absolute Gasteiger partial charge is 0.126 e. The van der Waals surface area contributed by atoms with E-state index in [1.807, 2.05) is 6.92 Å². The molecule has 0 aliphatic heterocycles. The number of halogens is 1. The van der Waals surface area contributed by atoms with Gasteiger partial charge in [-0.2, -0.15) is 0 Å². The van der Waals surface area contributed by atoms with E-state index >= 15 is 0 Å². The molecule has 0 saturated heterocycles. The third kappa shape index (κ3) is 2.23. The molecule has 3 heteroatoms. The summed E-state index contributed by atoms with van der Waals surface area (Å²) in [6.45, 7) is 3.62. The predicted molar refractivity (Wildman–Crippen MR) is 54.6 cm³/mol. The molecule has 1 aromatic rings. The van der Waals surface area contributed by atoms with Crippen molar-refractivity contribution in [1.82, 2.24) is 0 Å². The van der Waals surface area contributed by atoms with Gasteiger partial charge in [0.25, 0.3) is 0 Å². The van der Waals surface area contributed by atoms with Crippen LogP contribution in [0, 0.1) is 12.7 Å². The number of phenols is 1. The topological polar surface area (TPSA) is 46.2 Å². The van der Waals surface area contributed by atoms with Gasteiger partial charge in [-0.15, -0.1) is 0 Å². The van der Waals surface area contributed by atoms with Crippen molar-refractivity contribution >= 4 is 0 Å². The first-order valence-electron chi connectivity index (χ1n) is 4.80. The van der Waals surface area contributed by atoms with E-state index in [4.69, 9.17) is 5.73 Å². The quantitative estimate of drug-likeness (QED) is 0.782. The van der Waals surface area contributed by atoms with Gasteiger partial charge in [-0.25, -0.2) is 4.39 Å². The highest BCUT2D eigenvalue weighted by Crippen LogP contribution is 2.27. The Morgan fingerprint density at radius 2 is 2.14 bits per heavy atom. The fraction of sp³-hybridized carbons (Fsp3) is 0.455. The second-order valence-electron chi connectivity index (χ2n) is 3.56. The van der Waals surface area contributed by atoms with Gasteiger partial charge in [0, 0.05) is 11.6 Å². The molecule has 1 atom stereocenters. The molecule has 0 aliphatic carbocycles. The molecule has 14 heavy (non-hydrogen) atoms. The highest BCUT2D eigenvalue weighted by Gasteiger charge is 2.12. The average Bonchev–Trinajstić information content (AvgIpc) is 2.11. The highest BCUT2D eigenvalue weighted by atomic mass is 19.1. The van der Waals surface area contributed by atoms with Gasteiger partial charge in [-0.05, 0) is 31.0 Å². The number of hydrogen-bond acceptors (Lipinski definition) is 2. The maximum atomic E-state index is 13.2. The fourth-order valence-corrected chi connectivity index (χ4v) is 1.45. The largest absolute Gasteiger partial charge is 0.508 e. The summed E-state index contributed by atoms with van der Waals surface area (Å²) in [4.78, 5) is 0. The minimum atomic E-state index is -0.315. The van der Waals surface area contributed by atoms with Crippen molar-refractivity contribution in [2.75, 3.05) is 0 Å². The second-order valence-corrected chi connectivity index (χ2v) is 3.56. The van der Waals surface area contributed by atoms with Crippen molar-refractivity contribution < 1.29 is 9.50 Å². The van der Waals surface area contributed by atoms with Gasteiger partial charge in [0.15, 0.2) is 0 Å². The monoisotopic (exact) mass is 197 g/mol.